The summed E-state index contributed by atoms with van der Waals surface area (Å²) >= 11 is 11.6. The van der Waals surface area contributed by atoms with Crippen molar-refractivity contribution in [3.8, 4) is 0 Å². The van der Waals surface area contributed by atoms with Gasteiger partial charge in [-0.15, -0.1) is 12.4 Å². The predicted octanol–water partition coefficient (Wildman–Crippen LogP) is 3.61. The lowest BCUT2D eigenvalue weighted by Gasteiger charge is -2.19. The Hall–Kier alpha value is 0.0500. The van der Waals surface area contributed by atoms with Crippen LogP contribution in [0.3, 0.4) is 0 Å². The van der Waals surface area contributed by atoms with E-state index in [1.54, 1.807) is 6.07 Å². The molecule has 0 aliphatic rings. The van der Waals surface area contributed by atoms with Gasteiger partial charge in [-0.3, -0.25) is 0 Å². The van der Waals surface area contributed by atoms with Crippen molar-refractivity contribution in [2.45, 2.75) is 19.4 Å². The van der Waals surface area contributed by atoms with Crippen molar-refractivity contribution in [1.29, 1.82) is 0 Å². The maximum Gasteiger partial charge on any atom is 0.0424 e. The molecule has 0 amide bonds. The summed E-state index contributed by atoms with van der Waals surface area (Å²) in [4.78, 5) is 0. The second kappa shape index (κ2) is 4.52. The zero-order chi connectivity index (χ0) is 9.35. The van der Waals surface area contributed by atoms with Crippen LogP contribution in [0.4, 0.5) is 0 Å². The number of halogens is 3. The molecule has 0 radical (unpaired) electrons. The average Bonchev–Trinajstić information content (AvgIpc) is 1.82. The van der Waals surface area contributed by atoms with E-state index in [4.69, 9.17) is 28.9 Å². The van der Waals surface area contributed by atoms with E-state index in [2.05, 4.69) is 0 Å². The van der Waals surface area contributed by atoms with Crippen LogP contribution >= 0.6 is 35.6 Å². The molecular formula is C9H12Cl3N. The second-order valence-corrected chi connectivity index (χ2v) is 4.25. The molecule has 0 unspecified atom stereocenters. The van der Waals surface area contributed by atoms with Crippen LogP contribution in [-0.2, 0) is 5.54 Å². The van der Waals surface area contributed by atoms with Crippen molar-refractivity contribution in [3.05, 3.63) is 33.8 Å². The Bertz CT molecular complexity index is 271. The van der Waals surface area contributed by atoms with E-state index in [1.807, 2.05) is 26.0 Å². The fourth-order valence-electron chi connectivity index (χ4n) is 0.926. The summed E-state index contributed by atoms with van der Waals surface area (Å²) in [7, 11) is 0. The highest BCUT2D eigenvalue weighted by Crippen LogP contribution is 2.25. The topological polar surface area (TPSA) is 26.0 Å². The first-order valence-corrected chi connectivity index (χ1v) is 4.40. The molecule has 74 valence electrons. The molecule has 0 spiro atoms. The molecule has 1 rings (SSSR count). The molecule has 0 saturated carbocycles. The highest BCUT2D eigenvalue weighted by atomic mass is 35.5. The molecule has 0 aliphatic heterocycles. The Morgan fingerprint density at radius 1 is 1.08 bits per heavy atom. The van der Waals surface area contributed by atoms with E-state index in [9.17, 15) is 0 Å². The zero-order valence-corrected chi connectivity index (χ0v) is 9.80. The maximum atomic E-state index is 5.88. The van der Waals surface area contributed by atoms with E-state index in [0.717, 1.165) is 5.56 Å². The molecule has 2 N–H and O–H groups in total. The van der Waals surface area contributed by atoms with E-state index in [-0.39, 0.29) is 12.4 Å². The third-order valence-corrected chi connectivity index (χ3v) is 2.04. The van der Waals surface area contributed by atoms with Gasteiger partial charge in [0, 0.05) is 15.6 Å². The van der Waals surface area contributed by atoms with Gasteiger partial charge >= 0.3 is 0 Å². The van der Waals surface area contributed by atoms with Gasteiger partial charge in [0.05, 0.1) is 0 Å². The standard InChI is InChI=1S/C9H11Cl2N.ClH/c1-9(2,12)6-3-7(10)5-8(11)4-6;/h3-5H,12H2,1-2H3;1H. The number of rotatable bonds is 1. The number of hydrogen-bond donors (Lipinski definition) is 1. The second-order valence-electron chi connectivity index (χ2n) is 3.38. The van der Waals surface area contributed by atoms with Gasteiger partial charge in [0.2, 0.25) is 0 Å². The van der Waals surface area contributed by atoms with Gasteiger partial charge in [-0.1, -0.05) is 23.2 Å². The number of nitrogens with two attached hydrogens (primary N) is 1. The molecule has 0 bridgehead atoms. The van der Waals surface area contributed by atoms with Crippen molar-refractivity contribution in [3.63, 3.8) is 0 Å². The lowest BCUT2D eigenvalue weighted by atomic mass is 9.96. The molecule has 0 saturated heterocycles. The van der Waals surface area contributed by atoms with Gasteiger partial charge in [0.25, 0.3) is 0 Å². The first kappa shape index (κ1) is 13.1. The highest BCUT2D eigenvalue weighted by molar-refractivity contribution is 6.34. The van der Waals surface area contributed by atoms with Gasteiger partial charge in [0.15, 0.2) is 0 Å². The minimum atomic E-state index is -0.394. The Kier molecular flexibility index (Phi) is 4.53. The summed E-state index contributed by atoms with van der Waals surface area (Å²) in [6.07, 6.45) is 0. The molecule has 0 fully saturated rings. The normalized spacial score (nSPS) is 10.8. The monoisotopic (exact) mass is 239 g/mol. The SMILES string of the molecule is CC(C)(N)c1cc(Cl)cc(Cl)c1.Cl. The summed E-state index contributed by atoms with van der Waals surface area (Å²) in [5, 5.41) is 1.24. The van der Waals surface area contributed by atoms with Gasteiger partial charge in [-0.25, -0.2) is 0 Å². The molecule has 1 aromatic carbocycles. The first-order valence-electron chi connectivity index (χ1n) is 3.65. The van der Waals surface area contributed by atoms with Crippen LogP contribution in [0.5, 0.6) is 0 Å². The van der Waals surface area contributed by atoms with Crippen LogP contribution in [0.25, 0.3) is 0 Å². The van der Waals surface area contributed by atoms with Gasteiger partial charge < -0.3 is 5.73 Å². The van der Waals surface area contributed by atoms with Crippen LogP contribution < -0.4 is 5.73 Å². The molecule has 0 aliphatic carbocycles. The van der Waals surface area contributed by atoms with Crippen LogP contribution in [0.2, 0.25) is 10.0 Å². The minimum Gasteiger partial charge on any atom is -0.322 e. The minimum absolute atomic E-state index is 0. The van der Waals surface area contributed by atoms with E-state index in [0.29, 0.717) is 10.0 Å². The average molecular weight is 241 g/mol. The quantitative estimate of drug-likeness (QED) is 0.797. The third kappa shape index (κ3) is 3.74. The van der Waals surface area contributed by atoms with Gasteiger partial charge in [-0.2, -0.15) is 0 Å². The van der Waals surface area contributed by atoms with Crippen molar-refractivity contribution in [2.75, 3.05) is 0 Å². The lowest BCUT2D eigenvalue weighted by Crippen LogP contribution is -2.28. The summed E-state index contributed by atoms with van der Waals surface area (Å²) in [5.41, 5.74) is 6.43. The molecule has 0 atom stereocenters. The first-order chi connectivity index (χ1) is 5.39. The fraction of sp³-hybridized carbons (Fsp3) is 0.333. The summed E-state index contributed by atoms with van der Waals surface area (Å²) in [6, 6.07) is 5.35. The molecule has 0 heterocycles. The number of benzene rings is 1. The zero-order valence-electron chi connectivity index (χ0n) is 7.47. The fourth-order valence-corrected chi connectivity index (χ4v) is 1.45. The Morgan fingerprint density at radius 2 is 1.46 bits per heavy atom. The molecular weight excluding hydrogens is 228 g/mol. The van der Waals surface area contributed by atoms with Crippen molar-refractivity contribution in [2.24, 2.45) is 5.73 Å². The molecule has 13 heavy (non-hydrogen) atoms. The predicted molar refractivity (Wildman–Crippen MR) is 60.9 cm³/mol. The van der Waals surface area contributed by atoms with E-state index in [1.165, 1.54) is 0 Å². The summed E-state index contributed by atoms with van der Waals surface area (Å²) in [6.45, 7) is 3.82. The molecule has 4 heteroatoms. The van der Waals surface area contributed by atoms with Crippen LogP contribution in [0.15, 0.2) is 18.2 Å². The molecule has 1 nitrogen and oxygen atoms in total. The Labute approximate surface area is 94.6 Å². The van der Waals surface area contributed by atoms with Crippen LogP contribution in [-0.4, -0.2) is 0 Å². The Balaban J connectivity index is 0.00000144. The Morgan fingerprint density at radius 3 is 1.77 bits per heavy atom. The smallest absolute Gasteiger partial charge is 0.0424 e. The largest absolute Gasteiger partial charge is 0.322 e. The van der Waals surface area contributed by atoms with E-state index >= 15 is 0 Å². The van der Waals surface area contributed by atoms with Crippen LogP contribution in [0, 0.1) is 0 Å². The molecule has 0 aromatic heterocycles. The summed E-state index contributed by atoms with van der Waals surface area (Å²) in [5.74, 6) is 0. The van der Waals surface area contributed by atoms with E-state index < -0.39 is 5.54 Å². The number of hydrogen-bond acceptors (Lipinski definition) is 1. The van der Waals surface area contributed by atoms with Gasteiger partial charge in [0.1, 0.15) is 0 Å². The van der Waals surface area contributed by atoms with Gasteiger partial charge in [-0.05, 0) is 37.6 Å². The highest BCUT2D eigenvalue weighted by Gasteiger charge is 2.14. The maximum absolute atomic E-state index is 5.88. The van der Waals surface area contributed by atoms with Crippen molar-refractivity contribution >= 4 is 35.6 Å². The lowest BCUT2D eigenvalue weighted by molar-refractivity contribution is 0.554. The molecule has 1 aromatic rings. The van der Waals surface area contributed by atoms with Crippen molar-refractivity contribution < 1.29 is 0 Å². The summed E-state index contributed by atoms with van der Waals surface area (Å²) < 4.78 is 0. The van der Waals surface area contributed by atoms with Crippen LogP contribution in [0.1, 0.15) is 19.4 Å². The van der Waals surface area contributed by atoms with Crippen molar-refractivity contribution in [1.82, 2.24) is 0 Å². The third-order valence-electron chi connectivity index (χ3n) is 1.61.